The Morgan fingerprint density at radius 2 is 2.05 bits per heavy atom. The first-order valence-electron chi connectivity index (χ1n) is 6.83. The van der Waals surface area contributed by atoms with Crippen LogP contribution in [0.4, 0.5) is 11.4 Å². The third-order valence-electron chi connectivity index (χ3n) is 3.27. The number of nitro benzene ring substituents is 1. The quantitative estimate of drug-likeness (QED) is 0.429. The van der Waals surface area contributed by atoms with Gasteiger partial charge in [0.25, 0.3) is 5.69 Å². The summed E-state index contributed by atoms with van der Waals surface area (Å²) in [5, 5.41) is 17.4. The van der Waals surface area contributed by atoms with Crippen LogP contribution in [0.25, 0.3) is 0 Å². The second kappa shape index (κ2) is 6.40. The van der Waals surface area contributed by atoms with Crippen molar-refractivity contribution in [1.29, 1.82) is 0 Å². The molecule has 0 heterocycles. The molecule has 0 atom stereocenters. The van der Waals surface area contributed by atoms with Gasteiger partial charge in [-0.25, -0.2) is 8.42 Å². The van der Waals surface area contributed by atoms with Crippen LogP contribution < -0.4 is 10.6 Å². The molecule has 0 radical (unpaired) electrons. The van der Waals surface area contributed by atoms with E-state index >= 15 is 0 Å². The Morgan fingerprint density at radius 3 is 2.62 bits per heavy atom. The summed E-state index contributed by atoms with van der Waals surface area (Å²) in [6.07, 6.45) is 4.34. The van der Waals surface area contributed by atoms with Crippen LogP contribution in [0.15, 0.2) is 23.1 Å². The second-order valence-corrected chi connectivity index (χ2v) is 7.23. The molecular weight excluding hydrogens is 294 g/mol. The molecule has 0 aromatic heterocycles. The van der Waals surface area contributed by atoms with Crippen molar-refractivity contribution in [2.75, 3.05) is 24.7 Å². The molecule has 2 rings (SSSR count). The van der Waals surface area contributed by atoms with E-state index in [1.54, 1.807) is 0 Å². The molecule has 116 valence electrons. The third kappa shape index (κ3) is 4.68. The highest BCUT2D eigenvalue weighted by atomic mass is 32.2. The van der Waals surface area contributed by atoms with E-state index in [1.165, 1.54) is 25.0 Å². The summed E-state index contributed by atoms with van der Waals surface area (Å²) in [6.45, 7) is 1.46. The topological polar surface area (TPSA) is 101 Å². The zero-order chi connectivity index (χ0) is 15.5. The van der Waals surface area contributed by atoms with Crippen molar-refractivity contribution in [3.05, 3.63) is 28.3 Å². The molecule has 8 heteroatoms. The van der Waals surface area contributed by atoms with Crippen molar-refractivity contribution in [2.24, 2.45) is 0 Å². The first-order chi connectivity index (χ1) is 9.88. The largest absolute Gasteiger partial charge is 0.379 e. The lowest BCUT2D eigenvalue weighted by Gasteiger charge is -2.08. The van der Waals surface area contributed by atoms with Crippen LogP contribution in [0.3, 0.4) is 0 Å². The zero-order valence-corrected chi connectivity index (χ0v) is 12.6. The third-order valence-corrected chi connectivity index (χ3v) is 4.38. The van der Waals surface area contributed by atoms with Gasteiger partial charge in [0, 0.05) is 24.9 Å². The Balaban J connectivity index is 1.98. The average molecular weight is 313 g/mol. The van der Waals surface area contributed by atoms with Crippen LogP contribution in [-0.4, -0.2) is 38.7 Å². The highest BCUT2D eigenvalue weighted by Gasteiger charge is 2.20. The number of hydrogen-bond donors (Lipinski definition) is 2. The molecule has 0 saturated heterocycles. The molecule has 0 aliphatic heterocycles. The highest BCUT2D eigenvalue weighted by Crippen LogP contribution is 2.27. The fourth-order valence-corrected chi connectivity index (χ4v) is 2.59. The van der Waals surface area contributed by atoms with Gasteiger partial charge in [-0.3, -0.25) is 10.1 Å². The minimum absolute atomic E-state index is 0.0462. The summed E-state index contributed by atoms with van der Waals surface area (Å²) in [5.74, 6) is 0. The van der Waals surface area contributed by atoms with Crippen molar-refractivity contribution in [1.82, 2.24) is 5.32 Å². The summed E-state index contributed by atoms with van der Waals surface area (Å²) in [7, 11) is -3.45. The van der Waals surface area contributed by atoms with Crippen molar-refractivity contribution in [2.45, 2.75) is 30.2 Å². The van der Waals surface area contributed by atoms with Crippen molar-refractivity contribution in [3.8, 4) is 0 Å². The van der Waals surface area contributed by atoms with Crippen LogP contribution >= 0.6 is 0 Å². The number of benzene rings is 1. The molecule has 0 bridgehead atoms. The van der Waals surface area contributed by atoms with Crippen LogP contribution in [0.5, 0.6) is 0 Å². The Morgan fingerprint density at radius 1 is 1.33 bits per heavy atom. The molecule has 1 saturated carbocycles. The fraction of sp³-hybridized carbons (Fsp3) is 0.538. The molecule has 1 fully saturated rings. The van der Waals surface area contributed by atoms with Gasteiger partial charge in [-0.1, -0.05) is 0 Å². The molecule has 0 spiro atoms. The Bertz CT molecular complexity index is 626. The molecule has 2 N–H and O–H groups in total. The van der Waals surface area contributed by atoms with E-state index < -0.39 is 14.8 Å². The number of nitrogens with zero attached hydrogens (tertiary/aromatic N) is 1. The van der Waals surface area contributed by atoms with E-state index in [0.717, 1.165) is 25.3 Å². The van der Waals surface area contributed by atoms with Crippen molar-refractivity contribution in [3.63, 3.8) is 0 Å². The Hall–Kier alpha value is -1.67. The SMILES string of the molecule is CS(=O)(=O)c1ccc(NCCCNC2CC2)c([N+](=O)[O-])c1. The van der Waals surface area contributed by atoms with Gasteiger partial charge in [0.15, 0.2) is 9.84 Å². The van der Waals surface area contributed by atoms with Crippen molar-refractivity contribution < 1.29 is 13.3 Å². The minimum atomic E-state index is -3.45. The van der Waals surface area contributed by atoms with Crippen LogP contribution in [0.1, 0.15) is 19.3 Å². The lowest BCUT2D eigenvalue weighted by molar-refractivity contribution is -0.384. The summed E-state index contributed by atoms with van der Waals surface area (Å²) < 4.78 is 22.9. The predicted molar refractivity (Wildman–Crippen MR) is 80.3 cm³/mol. The molecular formula is C13H19N3O4S. The summed E-state index contributed by atoms with van der Waals surface area (Å²) in [5.41, 5.74) is 0.131. The van der Waals surface area contributed by atoms with Gasteiger partial charge >= 0.3 is 0 Å². The molecule has 1 aliphatic rings. The zero-order valence-electron chi connectivity index (χ0n) is 11.8. The Kier molecular flexibility index (Phi) is 4.79. The normalized spacial score (nSPS) is 14.9. The van der Waals surface area contributed by atoms with Crippen LogP contribution in [0.2, 0.25) is 0 Å². The monoisotopic (exact) mass is 313 g/mol. The lowest BCUT2D eigenvalue weighted by Crippen LogP contribution is -2.20. The first kappa shape index (κ1) is 15.7. The first-order valence-corrected chi connectivity index (χ1v) is 8.73. The molecule has 0 amide bonds. The van der Waals surface area contributed by atoms with Gasteiger partial charge in [-0.05, 0) is 37.9 Å². The van der Waals surface area contributed by atoms with Gasteiger partial charge in [-0.15, -0.1) is 0 Å². The summed E-state index contributed by atoms with van der Waals surface area (Å²) in [6, 6.07) is 4.57. The standard InChI is InChI=1S/C13H19N3O4S/c1-21(19,20)11-5-6-12(13(9-11)16(17)18)15-8-2-7-14-10-3-4-10/h5-6,9-10,14-15H,2-4,7-8H2,1H3. The number of anilines is 1. The van der Waals surface area contributed by atoms with E-state index in [2.05, 4.69) is 10.6 Å². The van der Waals surface area contributed by atoms with Gasteiger partial charge in [0.2, 0.25) is 0 Å². The van der Waals surface area contributed by atoms with E-state index in [9.17, 15) is 18.5 Å². The minimum Gasteiger partial charge on any atom is -0.379 e. The van der Waals surface area contributed by atoms with E-state index in [0.29, 0.717) is 18.3 Å². The fourth-order valence-electron chi connectivity index (χ4n) is 1.95. The van der Waals surface area contributed by atoms with Crippen LogP contribution in [-0.2, 0) is 9.84 Å². The maximum absolute atomic E-state index is 11.4. The van der Waals surface area contributed by atoms with Gasteiger partial charge in [-0.2, -0.15) is 0 Å². The Labute approximate surface area is 123 Å². The number of nitro groups is 1. The number of sulfone groups is 1. The lowest BCUT2D eigenvalue weighted by atomic mass is 10.2. The van der Waals surface area contributed by atoms with E-state index in [4.69, 9.17) is 0 Å². The maximum atomic E-state index is 11.4. The average Bonchev–Trinajstić information content (AvgIpc) is 3.21. The predicted octanol–water partition coefficient (Wildman–Crippen LogP) is 1.55. The number of nitrogens with one attached hydrogen (secondary N) is 2. The smallest absolute Gasteiger partial charge is 0.293 e. The van der Waals surface area contributed by atoms with Crippen LogP contribution in [0, 0.1) is 10.1 Å². The van der Waals surface area contributed by atoms with Gasteiger partial charge in [0.1, 0.15) is 5.69 Å². The number of rotatable bonds is 8. The molecule has 1 aromatic rings. The van der Waals surface area contributed by atoms with Gasteiger partial charge < -0.3 is 10.6 Å². The highest BCUT2D eigenvalue weighted by molar-refractivity contribution is 7.90. The molecule has 0 unspecified atom stereocenters. The molecule has 1 aromatic carbocycles. The van der Waals surface area contributed by atoms with E-state index in [-0.39, 0.29) is 10.6 Å². The van der Waals surface area contributed by atoms with E-state index in [1.807, 2.05) is 0 Å². The summed E-state index contributed by atoms with van der Waals surface area (Å²) >= 11 is 0. The number of hydrogen-bond acceptors (Lipinski definition) is 6. The summed E-state index contributed by atoms with van der Waals surface area (Å²) in [4.78, 5) is 10.4. The van der Waals surface area contributed by atoms with Gasteiger partial charge in [0.05, 0.1) is 9.82 Å². The van der Waals surface area contributed by atoms with Crippen molar-refractivity contribution >= 4 is 21.2 Å². The molecule has 21 heavy (non-hydrogen) atoms. The molecule has 7 nitrogen and oxygen atoms in total. The second-order valence-electron chi connectivity index (χ2n) is 5.22. The maximum Gasteiger partial charge on any atom is 0.293 e. The molecule has 1 aliphatic carbocycles.